The molecule has 9 nitrogen and oxygen atoms in total. The Bertz CT molecular complexity index is 1410. The van der Waals surface area contributed by atoms with E-state index in [1.807, 2.05) is 45.0 Å². The van der Waals surface area contributed by atoms with Crippen LogP contribution in [0, 0.1) is 19.8 Å². The number of aliphatic hydroxyl groups excluding tert-OH is 2. The summed E-state index contributed by atoms with van der Waals surface area (Å²) >= 11 is 0. The number of aliphatic hydroxyl groups is 3. The summed E-state index contributed by atoms with van der Waals surface area (Å²) in [6, 6.07) is 15.2. The predicted molar refractivity (Wildman–Crippen MR) is 135 cm³/mol. The van der Waals surface area contributed by atoms with Gasteiger partial charge in [0, 0.05) is 5.92 Å². The smallest absolute Gasteiger partial charge is 0.232 e. The maximum Gasteiger partial charge on any atom is 0.232 e. The van der Waals surface area contributed by atoms with E-state index in [1.54, 1.807) is 0 Å². The minimum absolute atomic E-state index is 0.0476. The normalized spacial score (nSPS) is 27.6. The first-order valence-electron chi connectivity index (χ1n) is 12.2. The fourth-order valence-electron chi connectivity index (χ4n) is 5.31. The lowest BCUT2D eigenvalue weighted by Gasteiger charge is -2.25. The summed E-state index contributed by atoms with van der Waals surface area (Å²) in [7, 11) is 0. The monoisotopic (exact) mass is 487 g/mol. The Morgan fingerprint density at radius 2 is 1.75 bits per heavy atom. The molecule has 9 heteroatoms. The van der Waals surface area contributed by atoms with Crippen molar-refractivity contribution in [2.24, 2.45) is 5.92 Å². The predicted octanol–water partition coefficient (Wildman–Crippen LogP) is 3.34. The largest absolute Gasteiger partial charge is 0.436 e. The minimum Gasteiger partial charge on any atom is -0.436 e. The third-order valence-electron chi connectivity index (χ3n) is 7.55. The zero-order valence-corrected chi connectivity index (χ0v) is 20.3. The van der Waals surface area contributed by atoms with E-state index in [0.29, 0.717) is 46.4 Å². The topological polar surface area (TPSA) is 137 Å². The number of para-hydroxylation sites is 2. The number of nitrogens with zero attached hydrogens (tertiary/aromatic N) is 3. The molecule has 0 spiro atoms. The van der Waals surface area contributed by atoms with E-state index >= 15 is 0 Å². The van der Waals surface area contributed by atoms with Gasteiger partial charge in [-0.05, 0) is 44.9 Å². The van der Waals surface area contributed by atoms with Crippen LogP contribution in [0.15, 0.2) is 52.9 Å². The van der Waals surface area contributed by atoms with E-state index in [0.717, 1.165) is 5.56 Å². The SMILES string of the molecule is Cc1ccc([C@@H](C)Nc2nc(C)c(-c3nc4ccccc4o3)c(N[C@@H]3C[C@@H]4C(O)[C@]4(O)[C@H]3O)n2)cc1. The van der Waals surface area contributed by atoms with E-state index in [2.05, 4.69) is 39.9 Å². The average Bonchev–Trinajstić information content (AvgIpc) is 3.13. The maximum atomic E-state index is 10.8. The molecule has 2 saturated carbocycles. The summed E-state index contributed by atoms with van der Waals surface area (Å²) in [5.41, 5.74) is 3.40. The van der Waals surface area contributed by atoms with Crippen LogP contribution in [0.3, 0.4) is 0 Å². The van der Waals surface area contributed by atoms with E-state index in [1.165, 1.54) is 5.56 Å². The molecule has 0 saturated heterocycles. The lowest BCUT2D eigenvalue weighted by Crippen LogP contribution is -2.42. The third kappa shape index (κ3) is 3.62. The van der Waals surface area contributed by atoms with Crippen molar-refractivity contribution in [2.75, 3.05) is 10.6 Å². The van der Waals surface area contributed by atoms with Gasteiger partial charge in [0.15, 0.2) is 5.58 Å². The molecule has 2 aromatic carbocycles. The average molecular weight is 488 g/mol. The summed E-state index contributed by atoms with van der Waals surface area (Å²) < 4.78 is 6.03. The number of benzene rings is 2. The van der Waals surface area contributed by atoms with Gasteiger partial charge in [-0.15, -0.1) is 0 Å². The quantitative estimate of drug-likeness (QED) is 0.277. The van der Waals surface area contributed by atoms with Crippen LogP contribution < -0.4 is 10.6 Å². The molecule has 0 radical (unpaired) electrons. The number of fused-ring (bicyclic) bond motifs is 2. The van der Waals surface area contributed by atoms with Gasteiger partial charge in [0.2, 0.25) is 11.8 Å². The molecule has 6 atom stereocenters. The summed E-state index contributed by atoms with van der Waals surface area (Å²) in [5, 5.41) is 38.0. The maximum absolute atomic E-state index is 10.8. The number of aromatic nitrogens is 3. The van der Waals surface area contributed by atoms with E-state index < -0.39 is 23.9 Å². The highest BCUT2D eigenvalue weighted by molar-refractivity contribution is 5.80. The van der Waals surface area contributed by atoms with Crippen LogP contribution in [0.2, 0.25) is 0 Å². The molecule has 0 amide bonds. The van der Waals surface area contributed by atoms with Crippen molar-refractivity contribution in [3.8, 4) is 11.5 Å². The molecule has 0 bridgehead atoms. The van der Waals surface area contributed by atoms with E-state index in [9.17, 15) is 15.3 Å². The molecule has 2 aliphatic rings. The van der Waals surface area contributed by atoms with Gasteiger partial charge in [-0.2, -0.15) is 4.98 Å². The van der Waals surface area contributed by atoms with Crippen molar-refractivity contribution in [3.63, 3.8) is 0 Å². The van der Waals surface area contributed by atoms with Crippen LogP contribution in [0.1, 0.15) is 36.2 Å². The molecule has 4 aromatic rings. The number of hydrogen-bond donors (Lipinski definition) is 5. The third-order valence-corrected chi connectivity index (χ3v) is 7.55. The molecule has 36 heavy (non-hydrogen) atoms. The lowest BCUT2D eigenvalue weighted by molar-refractivity contribution is -0.0262. The molecule has 1 unspecified atom stereocenters. The van der Waals surface area contributed by atoms with Crippen LogP contribution in [-0.2, 0) is 0 Å². The van der Waals surface area contributed by atoms with E-state index in [-0.39, 0.29) is 12.0 Å². The zero-order chi connectivity index (χ0) is 25.2. The summed E-state index contributed by atoms with van der Waals surface area (Å²) in [6.07, 6.45) is -1.62. The highest BCUT2D eigenvalue weighted by atomic mass is 16.4. The summed E-state index contributed by atoms with van der Waals surface area (Å²) in [6.45, 7) is 5.95. The van der Waals surface area contributed by atoms with Gasteiger partial charge in [0.05, 0.1) is 23.9 Å². The van der Waals surface area contributed by atoms with Crippen LogP contribution in [-0.4, -0.2) is 54.1 Å². The molecule has 6 rings (SSSR count). The molecule has 5 N–H and O–H groups in total. The molecule has 2 aromatic heterocycles. The molecular formula is C27H29N5O4. The van der Waals surface area contributed by atoms with Crippen LogP contribution >= 0.6 is 0 Å². The number of oxazole rings is 1. The van der Waals surface area contributed by atoms with Crippen molar-refractivity contribution in [1.82, 2.24) is 15.0 Å². The molecule has 2 aliphatic carbocycles. The van der Waals surface area contributed by atoms with Crippen molar-refractivity contribution in [3.05, 3.63) is 65.4 Å². The molecule has 2 fully saturated rings. The number of nitrogens with one attached hydrogen (secondary N) is 2. The molecular weight excluding hydrogens is 458 g/mol. The second-order valence-electron chi connectivity index (χ2n) is 9.99. The number of hydrogen-bond acceptors (Lipinski definition) is 9. The van der Waals surface area contributed by atoms with Gasteiger partial charge in [0.1, 0.15) is 28.6 Å². The van der Waals surface area contributed by atoms with Gasteiger partial charge >= 0.3 is 0 Å². The lowest BCUT2D eigenvalue weighted by atomic mass is 10.1. The number of aryl methyl sites for hydroxylation is 2. The second-order valence-corrected chi connectivity index (χ2v) is 9.99. The zero-order valence-electron chi connectivity index (χ0n) is 20.3. The van der Waals surface area contributed by atoms with Gasteiger partial charge in [0.25, 0.3) is 0 Å². The molecule has 0 aliphatic heterocycles. The Hall–Kier alpha value is -3.53. The standard InChI is InChI=1S/C27H29N5O4/c1-13-8-10-16(11-9-13)14(2)28-26-29-15(3)21(25-31-18-6-4-5-7-20(18)36-25)24(32-26)30-19-12-17-22(33)27(17,35)23(19)34/h4-11,14,17,19,22-23,33-35H,12H2,1-3H3,(H2,28,29,30,32)/t14-,17-,19-,22?,23+,27+/m1/s1. The fourth-order valence-corrected chi connectivity index (χ4v) is 5.31. The fraction of sp³-hybridized carbons (Fsp3) is 0.370. The van der Waals surface area contributed by atoms with Crippen LogP contribution in [0.25, 0.3) is 22.6 Å². The first-order valence-corrected chi connectivity index (χ1v) is 12.2. The first kappa shape index (κ1) is 22.9. The number of anilines is 2. The van der Waals surface area contributed by atoms with Gasteiger partial charge in [-0.1, -0.05) is 42.0 Å². The van der Waals surface area contributed by atoms with Crippen molar-refractivity contribution >= 4 is 22.9 Å². The minimum atomic E-state index is -1.47. The molecule has 2 heterocycles. The van der Waals surface area contributed by atoms with Gasteiger partial charge in [-0.3, -0.25) is 0 Å². The van der Waals surface area contributed by atoms with Crippen molar-refractivity contribution < 1.29 is 19.7 Å². The van der Waals surface area contributed by atoms with Gasteiger partial charge < -0.3 is 30.4 Å². The Balaban J connectivity index is 1.37. The highest BCUT2D eigenvalue weighted by Crippen LogP contribution is 2.56. The van der Waals surface area contributed by atoms with Crippen LogP contribution in [0.4, 0.5) is 11.8 Å². The Kier molecular flexibility index (Phi) is 5.26. The van der Waals surface area contributed by atoms with Crippen molar-refractivity contribution in [2.45, 2.75) is 57.1 Å². The summed E-state index contributed by atoms with van der Waals surface area (Å²) in [5.74, 6) is 0.862. The Labute approximate surface area is 208 Å². The Morgan fingerprint density at radius 1 is 1.00 bits per heavy atom. The number of rotatable bonds is 6. The first-order chi connectivity index (χ1) is 17.3. The summed E-state index contributed by atoms with van der Waals surface area (Å²) in [4.78, 5) is 14.1. The van der Waals surface area contributed by atoms with E-state index in [4.69, 9.17) is 14.4 Å². The van der Waals surface area contributed by atoms with Gasteiger partial charge in [-0.25, -0.2) is 9.97 Å². The Morgan fingerprint density at radius 3 is 2.44 bits per heavy atom. The van der Waals surface area contributed by atoms with Crippen LogP contribution in [0.5, 0.6) is 0 Å². The second kappa shape index (κ2) is 8.26. The van der Waals surface area contributed by atoms with Crippen molar-refractivity contribution in [1.29, 1.82) is 0 Å². The molecule has 186 valence electrons. The highest BCUT2D eigenvalue weighted by Gasteiger charge is 2.74.